The van der Waals surface area contributed by atoms with Crippen LogP contribution in [0.15, 0.2) is 59.5 Å². The Balaban J connectivity index is 2.41. The Morgan fingerprint density at radius 1 is 1.19 bits per heavy atom. The van der Waals surface area contributed by atoms with Crippen molar-refractivity contribution in [2.75, 3.05) is 0 Å². The average molecular weight is 379 g/mol. The number of carbonyl (C=O) groups is 1. The number of hydroxylamine groups is 1. The van der Waals surface area contributed by atoms with E-state index >= 15 is 0 Å². The van der Waals surface area contributed by atoms with E-state index in [1.54, 1.807) is 18.2 Å². The van der Waals surface area contributed by atoms with E-state index in [0.29, 0.717) is 5.56 Å². The molecule has 2 aromatic rings. The van der Waals surface area contributed by atoms with Gasteiger partial charge in [0.1, 0.15) is 6.04 Å². The molecule has 10 heteroatoms. The van der Waals surface area contributed by atoms with Crippen LogP contribution in [0, 0.1) is 10.1 Å². The monoisotopic (exact) mass is 379 g/mol. The number of non-ortho nitro benzene ring substituents is 1. The van der Waals surface area contributed by atoms with Gasteiger partial charge in [-0.1, -0.05) is 30.3 Å². The maximum absolute atomic E-state index is 12.9. The molecule has 0 aliphatic rings. The number of nitrogens with zero attached hydrogens (tertiary/aromatic N) is 2. The third-order valence-corrected chi connectivity index (χ3v) is 5.69. The number of nitro benzene ring substituents is 1. The van der Waals surface area contributed by atoms with E-state index in [2.05, 4.69) is 0 Å². The van der Waals surface area contributed by atoms with E-state index in [1.165, 1.54) is 48.8 Å². The van der Waals surface area contributed by atoms with Gasteiger partial charge >= 0.3 is 0 Å². The first-order chi connectivity index (χ1) is 12.3. The minimum absolute atomic E-state index is 0.0144. The van der Waals surface area contributed by atoms with Gasteiger partial charge in [0, 0.05) is 18.7 Å². The number of nitrogens with one attached hydrogen (secondary N) is 1. The van der Waals surface area contributed by atoms with Crippen LogP contribution in [0.5, 0.6) is 0 Å². The summed E-state index contributed by atoms with van der Waals surface area (Å²) in [4.78, 5) is 22.0. The molecule has 0 spiro atoms. The summed E-state index contributed by atoms with van der Waals surface area (Å²) in [5, 5.41) is 19.6. The molecule has 0 fully saturated rings. The lowest BCUT2D eigenvalue weighted by molar-refractivity contribution is -0.384. The molecule has 1 atom stereocenters. The van der Waals surface area contributed by atoms with Crippen LogP contribution in [0.2, 0.25) is 0 Å². The number of nitro groups is 1. The van der Waals surface area contributed by atoms with Gasteiger partial charge in [0.25, 0.3) is 11.6 Å². The van der Waals surface area contributed by atoms with Crippen molar-refractivity contribution in [3.63, 3.8) is 0 Å². The summed E-state index contributed by atoms with van der Waals surface area (Å²) in [5.74, 6) is -0.897. The number of hydrogen-bond donors (Lipinski definition) is 2. The highest BCUT2D eigenvalue weighted by Gasteiger charge is 2.33. The molecule has 0 bridgehead atoms. The summed E-state index contributed by atoms with van der Waals surface area (Å²) < 4.78 is 26.8. The zero-order chi connectivity index (χ0) is 19.3. The summed E-state index contributed by atoms with van der Waals surface area (Å²) in [7, 11) is -4.05. The van der Waals surface area contributed by atoms with Gasteiger partial charge in [-0.2, -0.15) is 4.31 Å². The normalized spacial score (nSPS) is 12.6. The lowest BCUT2D eigenvalue weighted by atomic mass is 10.2. The van der Waals surface area contributed by atoms with Gasteiger partial charge in [-0.25, -0.2) is 13.9 Å². The summed E-state index contributed by atoms with van der Waals surface area (Å²) in [6, 6.07) is 11.7. The number of hydrogen-bond acceptors (Lipinski definition) is 6. The van der Waals surface area contributed by atoms with Gasteiger partial charge in [0.05, 0.1) is 9.82 Å². The SMILES string of the molecule is CC(C(=O)NO)N(Cc1ccc([N+](=O)[O-])cc1)S(=O)(=O)c1ccccc1. The van der Waals surface area contributed by atoms with E-state index in [9.17, 15) is 23.3 Å². The first kappa shape index (κ1) is 19.5. The molecule has 0 aliphatic heterocycles. The molecule has 1 unspecified atom stereocenters. The molecule has 2 aromatic carbocycles. The van der Waals surface area contributed by atoms with Crippen LogP contribution in [0.4, 0.5) is 5.69 Å². The largest absolute Gasteiger partial charge is 0.289 e. The molecule has 1 amide bonds. The third-order valence-electron chi connectivity index (χ3n) is 3.76. The second-order valence-electron chi connectivity index (χ2n) is 5.44. The van der Waals surface area contributed by atoms with Gasteiger partial charge in [-0.05, 0) is 24.6 Å². The second-order valence-corrected chi connectivity index (χ2v) is 7.33. The van der Waals surface area contributed by atoms with Crippen LogP contribution >= 0.6 is 0 Å². The highest BCUT2D eigenvalue weighted by atomic mass is 32.2. The Kier molecular flexibility index (Phi) is 6.03. The maximum atomic E-state index is 12.9. The topological polar surface area (TPSA) is 130 Å². The molecule has 0 aliphatic carbocycles. The summed E-state index contributed by atoms with van der Waals surface area (Å²) in [6.07, 6.45) is 0. The average Bonchev–Trinajstić information content (AvgIpc) is 2.65. The van der Waals surface area contributed by atoms with E-state index in [-0.39, 0.29) is 17.1 Å². The highest BCUT2D eigenvalue weighted by Crippen LogP contribution is 2.22. The first-order valence-corrected chi connectivity index (χ1v) is 8.95. The molecule has 0 heterocycles. The van der Waals surface area contributed by atoms with Gasteiger partial charge in [-0.15, -0.1) is 0 Å². The summed E-state index contributed by atoms with van der Waals surface area (Å²) in [6.45, 7) is 1.13. The Morgan fingerprint density at radius 2 is 1.77 bits per heavy atom. The quantitative estimate of drug-likeness (QED) is 0.428. The maximum Gasteiger partial charge on any atom is 0.269 e. The van der Waals surface area contributed by atoms with Gasteiger partial charge in [-0.3, -0.25) is 20.1 Å². The Labute approximate surface area is 150 Å². The molecule has 0 aromatic heterocycles. The first-order valence-electron chi connectivity index (χ1n) is 7.51. The van der Waals surface area contributed by atoms with Crippen LogP contribution in [-0.4, -0.2) is 34.8 Å². The molecule has 2 rings (SSSR count). The van der Waals surface area contributed by atoms with Gasteiger partial charge in [0.2, 0.25) is 10.0 Å². The molecule has 26 heavy (non-hydrogen) atoms. The van der Waals surface area contributed by atoms with Crippen molar-refractivity contribution >= 4 is 21.6 Å². The van der Waals surface area contributed by atoms with Crippen molar-refractivity contribution in [2.45, 2.75) is 24.4 Å². The van der Waals surface area contributed by atoms with Crippen LogP contribution in [0.25, 0.3) is 0 Å². The van der Waals surface area contributed by atoms with E-state index in [0.717, 1.165) is 4.31 Å². The zero-order valence-corrected chi connectivity index (χ0v) is 14.6. The highest BCUT2D eigenvalue weighted by molar-refractivity contribution is 7.89. The summed E-state index contributed by atoms with van der Waals surface area (Å²) in [5.41, 5.74) is 1.76. The van der Waals surface area contributed by atoms with Gasteiger partial charge < -0.3 is 0 Å². The van der Waals surface area contributed by atoms with Crippen molar-refractivity contribution in [3.05, 3.63) is 70.3 Å². The lowest BCUT2D eigenvalue weighted by Crippen LogP contribution is -2.46. The standard InChI is InChI=1S/C16H17N3O6S/c1-12(16(20)17-21)18(26(24,25)15-5-3-2-4-6-15)11-13-7-9-14(10-8-13)19(22)23/h2-10,12,21H,11H2,1H3,(H,17,20). The van der Waals surface area contributed by atoms with Crippen LogP contribution in [0.1, 0.15) is 12.5 Å². The number of amides is 1. The fourth-order valence-electron chi connectivity index (χ4n) is 2.29. The molecule has 0 radical (unpaired) electrons. The lowest BCUT2D eigenvalue weighted by Gasteiger charge is -2.27. The van der Waals surface area contributed by atoms with E-state index in [4.69, 9.17) is 5.21 Å². The fourth-order valence-corrected chi connectivity index (χ4v) is 3.89. The molecule has 9 nitrogen and oxygen atoms in total. The van der Waals surface area contributed by atoms with Crippen molar-refractivity contribution in [2.24, 2.45) is 0 Å². The molecular weight excluding hydrogens is 362 g/mol. The predicted molar refractivity (Wildman–Crippen MR) is 91.7 cm³/mol. The van der Waals surface area contributed by atoms with Crippen LogP contribution in [0.3, 0.4) is 0 Å². The Hall–Kier alpha value is -2.82. The fraction of sp³-hybridized carbons (Fsp3) is 0.188. The number of carbonyl (C=O) groups excluding carboxylic acids is 1. The van der Waals surface area contributed by atoms with Crippen molar-refractivity contribution in [3.8, 4) is 0 Å². The minimum atomic E-state index is -4.05. The van der Waals surface area contributed by atoms with Gasteiger partial charge in [0.15, 0.2) is 0 Å². The second kappa shape index (κ2) is 8.04. The molecule has 0 saturated carbocycles. The van der Waals surface area contributed by atoms with Crippen molar-refractivity contribution in [1.82, 2.24) is 9.79 Å². The van der Waals surface area contributed by atoms with Crippen LogP contribution < -0.4 is 5.48 Å². The smallest absolute Gasteiger partial charge is 0.269 e. The summed E-state index contributed by atoms with van der Waals surface area (Å²) >= 11 is 0. The number of benzene rings is 2. The number of rotatable bonds is 7. The van der Waals surface area contributed by atoms with Crippen molar-refractivity contribution in [1.29, 1.82) is 0 Å². The minimum Gasteiger partial charge on any atom is -0.289 e. The molecule has 0 saturated heterocycles. The third kappa shape index (κ3) is 4.23. The van der Waals surface area contributed by atoms with Crippen molar-refractivity contribution < 1.29 is 23.3 Å². The molecule has 2 N–H and O–H groups in total. The predicted octanol–water partition coefficient (Wildman–Crippen LogP) is 1.68. The van der Waals surface area contributed by atoms with E-state index in [1.807, 2.05) is 0 Å². The molecule has 138 valence electrons. The molecular formula is C16H17N3O6S. The Bertz CT molecular complexity index is 884. The zero-order valence-electron chi connectivity index (χ0n) is 13.8. The van der Waals surface area contributed by atoms with E-state index < -0.39 is 26.9 Å². The number of sulfonamides is 1. The van der Waals surface area contributed by atoms with Crippen LogP contribution in [-0.2, 0) is 21.4 Å². The Morgan fingerprint density at radius 3 is 2.27 bits per heavy atom.